The van der Waals surface area contributed by atoms with Gasteiger partial charge in [0.2, 0.25) is 0 Å². The number of hydrogen-bond donors (Lipinski definition) is 2. The van der Waals surface area contributed by atoms with Crippen molar-refractivity contribution in [3.8, 4) is 0 Å². The number of rotatable bonds is 5. The fourth-order valence-corrected chi connectivity index (χ4v) is 1.12. The molecule has 0 aromatic rings. The summed E-state index contributed by atoms with van der Waals surface area (Å²) in [6.45, 7) is 2.76. The molecule has 0 spiro atoms. The first-order chi connectivity index (χ1) is 5.43. The van der Waals surface area contributed by atoms with Gasteiger partial charge in [0.15, 0.2) is 0 Å². The second kappa shape index (κ2) is 4.87. The minimum absolute atomic E-state index is 0.204. The summed E-state index contributed by atoms with van der Waals surface area (Å²) < 4.78 is 0. The van der Waals surface area contributed by atoms with E-state index in [0.29, 0.717) is 6.42 Å². The second-order valence-corrected chi connectivity index (χ2v) is 3.36. The average Bonchev–Trinajstić information content (AvgIpc) is 1.84. The van der Waals surface area contributed by atoms with E-state index < -0.39 is 5.97 Å². The molecule has 0 bridgehead atoms. The molecular formula is C8H16N2O2. The molecule has 12 heavy (non-hydrogen) atoms. The van der Waals surface area contributed by atoms with Crippen molar-refractivity contribution in [3.63, 3.8) is 0 Å². The number of carbonyl (C=O) groups is 1. The molecule has 0 heterocycles. The van der Waals surface area contributed by atoms with Gasteiger partial charge in [0.25, 0.3) is 0 Å². The van der Waals surface area contributed by atoms with Crippen molar-refractivity contribution in [2.45, 2.75) is 13.3 Å². The van der Waals surface area contributed by atoms with Crippen LogP contribution in [0.4, 0.5) is 0 Å². The summed E-state index contributed by atoms with van der Waals surface area (Å²) >= 11 is 0. The van der Waals surface area contributed by atoms with Gasteiger partial charge < -0.3 is 10.0 Å². The zero-order valence-corrected chi connectivity index (χ0v) is 7.79. The summed E-state index contributed by atoms with van der Waals surface area (Å²) in [7, 11) is 3.86. The summed E-state index contributed by atoms with van der Waals surface area (Å²) in [6.07, 6.45) is 0.341. The highest BCUT2D eigenvalue weighted by Gasteiger charge is 2.12. The number of nitrogens with zero attached hydrogens (tertiary/aromatic N) is 1. The predicted molar refractivity (Wildman–Crippen MR) is 47.7 cm³/mol. The van der Waals surface area contributed by atoms with Crippen LogP contribution in [0.1, 0.15) is 13.3 Å². The van der Waals surface area contributed by atoms with Crippen molar-refractivity contribution < 1.29 is 9.90 Å². The third-order valence-corrected chi connectivity index (χ3v) is 1.49. The van der Waals surface area contributed by atoms with Gasteiger partial charge in [0, 0.05) is 13.0 Å². The van der Waals surface area contributed by atoms with E-state index in [1.165, 1.54) is 0 Å². The Morgan fingerprint density at radius 3 is 2.42 bits per heavy atom. The van der Waals surface area contributed by atoms with E-state index in [2.05, 4.69) is 0 Å². The zero-order chi connectivity index (χ0) is 9.72. The Morgan fingerprint density at radius 1 is 1.58 bits per heavy atom. The highest BCUT2D eigenvalue weighted by molar-refractivity contribution is 6.34. The van der Waals surface area contributed by atoms with Crippen LogP contribution in [0.15, 0.2) is 0 Å². The van der Waals surface area contributed by atoms with Crippen molar-refractivity contribution in [2.75, 3.05) is 20.6 Å². The first kappa shape index (κ1) is 11.1. The quantitative estimate of drug-likeness (QED) is 0.599. The van der Waals surface area contributed by atoms with Crippen molar-refractivity contribution in [3.05, 3.63) is 0 Å². The molecule has 2 N–H and O–H groups in total. The number of carboxylic acids is 1. The molecule has 70 valence electrons. The van der Waals surface area contributed by atoms with Gasteiger partial charge in [-0.25, -0.2) is 4.79 Å². The maximum atomic E-state index is 10.3. The van der Waals surface area contributed by atoms with Crippen LogP contribution >= 0.6 is 0 Å². The number of aliphatic carboxylic acids is 1. The molecule has 0 amide bonds. The molecule has 1 atom stereocenters. The summed E-state index contributed by atoms with van der Waals surface area (Å²) in [5.41, 5.74) is -0.204. The molecular weight excluding hydrogens is 156 g/mol. The normalized spacial score (nSPS) is 13.0. The molecule has 4 nitrogen and oxygen atoms in total. The predicted octanol–water partition coefficient (Wildman–Crippen LogP) is 0.679. The molecule has 0 aromatic heterocycles. The molecule has 0 saturated heterocycles. The lowest BCUT2D eigenvalue weighted by molar-refractivity contribution is -0.129. The fraction of sp³-hybridized carbons (Fsp3) is 0.750. The van der Waals surface area contributed by atoms with E-state index in [1.807, 2.05) is 25.9 Å². The summed E-state index contributed by atoms with van der Waals surface area (Å²) in [5, 5.41) is 15.5. The topological polar surface area (TPSA) is 64.4 Å². The van der Waals surface area contributed by atoms with Gasteiger partial charge in [-0.3, -0.25) is 5.41 Å². The Kier molecular flexibility index (Phi) is 4.51. The van der Waals surface area contributed by atoms with Crippen molar-refractivity contribution in [1.29, 1.82) is 5.41 Å². The summed E-state index contributed by atoms with van der Waals surface area (Å²) in [4.78, 5) is 12.3. The SMILES string of the molecule is C[C@@H](CC(=N)C(=O)O)CN(C)C. The van der Waals surface area contributed by atoms with Crippen molar-refractivity contribution >= 4 is 11.7 Å². The van der Waals surface area contributed by atoms with Gasteiger partial charge in [0.05, 0.1) is 0 Å². The molecule has 4 heteroatoms. The Bertz CT molecular complexity index is 178. The third kappa shape index (κ3) is 4.85. The lowest BCUT2D eigenvalue weighted by Crippen LogP contribution is -2.24. The van der Waals surface area contributed by atoms with Crippen LogP contribution < -0.4 is 0 Å². The van der Waals surface area contributed by atoms with Crippen LogP contribution in [-0.4, -0.2) is 42.3 Å². The Morgan fingerprint density at radius 2 is 2.08 bits per heavy atom. The number of nitrogens with one attached hydrogen (secondary N) is 1. The van der Waals surface area contributed by atoms with E-state index in [9.17, 15) is 4.79 Å². The average molecular weight is 172 g/mol. The van der Waals surface area contributed by atoms with E-state index in [4.69, 9.17) is 10.5 Å². The summed E-state index contributed by atoms with van der Waals surface area (Å²) in [5.74, 6) is -0.885. The number of carboxylic acid groups (broad SMARTS) is 1. The van der Waals surface area contributed by atoms with Gasteiger partial charge in [-0.1, -0.05) is 6.92 Å². The molecule has 0 fully saturated rings. The highest BCUT2D eigenvalue weighted by atomic mass is 16.4. The molecule has 0 aromatic carbocycles. The fourth-order valence-electron chi connectivity index (χ4n) is 1.12. The maximum Gasteiger partial charge on any atom is 0.349 e. The first-order valence-corrected chi connectivity index (χ1v) is 3.89. The van der Waals surface area contributed by atoms with Gasteiger partial charge in [0.1, 0.15) is 5.71 Å². The zero-order valence-electron chi connectivity index (χ0n) is 7.79. The van der Waals surface area contributed by atoms with Crippen LogP contribution in [0.25, 0.3) is 0 Å². The third-order valence-electron chi connectivity index (χ3n) is 1.49. The minimum atomic E-state index is -1.11. The lowest BCUT2D eigenvalue weighted by Gasteiger charge is -2.15. The molecule has 0 aliphatic rings. The van der Waals surface area contributed by atoms with Crippen molar-refractivity contribution in [1.82, 2.24) is 4.90 Å². The second-order valence-electron chi connectivity index (χ2n) is 3.36. The first-order valence-electron chi connectivity index (χ1n) is 3.89. The smallest absolute Gasteiger partial charge is 0.349 e. The van der Waals surface area contributed by atoms with Gasteiger partial charge in [-0.05, 0) is 20.0 Å². The molecule has 0 unspecified atom stereocenters. The van der Waals surface area contributed by atoms with Crippen LogP contribution in [0.2, 0.25) is 0 Å². The monoisotopic (exact) mass is 172 g/mol. The van der Waals surface area contributed by atoms with Crippen LogP contribution in [0.3, 0.4) is 0 Å². The molecule has 0 rings (SSSR count). The van der Waals surface area contributed by atoms with Crippen LogP contribution in [0.5, 0.6) is 0 Å². The van der Waals surface area contributed by atoms with Gasteiger partial charge >= 0.3 is 5.97 Å². The van der Waals surface area contributed by atoms with E-state index in [1.54, 1.807) is 0 Å². The molecule has 0 aliphatic heterocycles. The van der Waals surface area contributed by atoms with Crippen molar-refractivity contribution in [2.24, 2.45) is 5.92 Å². The Hall–Kier alpha value is -0.900. The Labute approximate surface area is 72.7 Å². The van der Waals surface area contributed by atoms with Gasteiger partial charge in [-0.15, -0.1) is 0 Å². The van der Waals surface area contributed by atoms with Gasteiger partial charge in [-0.2, -0.15) is 0 Å². The highest BCUT2D eigenvalue weighted by Crippen LogP contribution is 2.03. The van der Waals surface area contributed by atoms with E-state index in [0.717, 1.165) is 6.54 Å². The molecule has 0 radical (unpaired) electrons. The standard InChI is InChI=1S/C8H16N2O2/c1-6(5-10(2)3)4-7(9)8(11)12/h6,9H,4-5H2,1-3H3,(H,11,12)/t6-/m0/s1. The molecule has 0 aliphatic carbocycles. The minimum Gasteiger partial charge on any atom is -0.477 e. The summed E-state index contributed by atoms with van der Waals surface area (Å²) in [6, 6.07) is 0. The maximum absolute atomic E-state index is 10.3. The molecule has 0 saturated carbocycles. The van der Waals surface area contributed by atoms with Crippen LogP contribution in [0, 0.1) is 11.3 Å². The van der Waals surface area contributed by atoms with Crippen LogP contribution in [-0.2, 0) is 4.79 Å². The lowest BCUT2D eigenvalue weighted by atomic mass is 10.0. The largest absolute Gasteiger partial charge is 0.477 e. The van der Waals surface area contributed by atoms with E-state index in [-0.39, 0.29) is 11.6 Å². The van der Waals surface area contributed by atoms with E-state index >= 15 is 0 Å². The Balaban J connectivity index is 3.76. The number of hydrogen-bond acceptors (Lipinski definition) is 3.